The van der Waals surface area contributed by atoms with Gasteiger partial charge in [-0.15, -0.1) is 11.3 Å². The second kappa shape index (κ2) is 6.14. The van der Waals surface area contributed by atoms with E-state index in [2.05, 4.69) is 17.1 Å². The molecular weight excluding hydrogens is 280 g/mol. The number of amides is 1. The van der Waals surface area contributed by atoms with E-state index in [1.165, 1.54) is 10.9 Å². The minimum Gasteiger partial charge on any atom is -0.361 e. The van der Waals surface area contributed by atoms with Crippen molar-refractivity contribution in [2.75, 3.05) is 13.6 Å². The molecule has 0 saturated heterocycles. The summed E-state index contributed by atoms with van der Waals surface area (Å²) < 4.78 is 0. The highest BCUT2D eigenvalue weighted by Gasteiger charge is 2.11. The molecule has 0 atom stereocenters. The van der Waals surface area contributed by atoms with E-state index in [-0.39, 0.29) is 5.91 Å². The first-order chi connectivity index (χ1) is 10.2. The van der Waals surface area contributed by atoms with Gasteiger partial charge in [0.1, 0.15) is 0 Å². The number of H-pyrrole nitrogens is 1. The highest BCUT2D eigenvalue weighted by molar-refractivity contribution is 7.10. The van der Waals surface area contributed by atoms with Crippen molar-refractivity contribution in [2.45, 2.75) is 12.8 Å². The van der Waals surface area contributed by atoms with Crippen LogP contribution in [0.4, 0.5) is 0 Å². The zero-order valence-corrected chi connectivity index (χ0v) is 12.8. The summed E-state index contributed by atoms with van der Waals surface area (Å²) in [6, 6.07) is 12.3. The summed E-state index contributed by atoms with van der Waals surface area (Å²) >= 11 is 1.63. The maximum Gasteiger partial charge on any atom is 0.227 e. The lowest BCUT2D eigenvalue weighted by Gasteiger charge is -2.16. The van der Waals surface area contributed by atoms with Crippen LogP contribution in [0.1, 0.15) is 10.4 Å². The molecule has 1 N–H and O–H groups in total. The predicted octanol–water partition coefficient (Wildman–Crippen LogP) is 3.47. The van der Waals surface area contributed by atoms with Crippen molar-refractivity contribution in [2.24, 2.45) is 0 Å². The van der Waals surface area contributed by atoms with Crippen LogP contribution < -0.4 is 0 Å². The van der Waals surface area contributed by atoms with Crippen LogP contribution in [-0.2, 0) is 17.6 Å². The molecule has 1 aromatic carbocycles. The van der Waals surface area contributed by atoms with Crippen LogP contribution in [0, 0.1) is 0 Å². The number of likely N-dealkylation sites (N-methyl/N-ethyl adjacent to an activating group) is 1. The van der Waals surface area contributed by atoms with E-state index in [0.29, 0.717) is 6.42 Å². The number of nitrogens with zero attached hydrogens (tertiary/aromatic N) is 1. The third-order valence-electron chi connectivity index (χ3n) is 3.72. The molecule has 2 heterocycles. The third-order valence-corrected chi connectivity index (χ3v) is 4.60. The molecule has 21 heavy (non-hydrogen) atoms. The molecule has 0 aliphatic carbocycles. The molecule has 1 amide bonds. The fraction of sp³-hybridized carbons (Fsp3) is 0.235. The normalized spacial score (nSPS) is 10.9. The molecule has 0 unspecified atom stereocenters. The van der Waals surface area contributed by atoms with Gasteiger partial charge < -0.3 is 9.88 Å². The fourth-order valence-electron chi connectivity index (χ4n) is 2.45. The zero-order valence-electron chi connectivity index (χ0n) is 12.0. The number of carbonyl (C=O) groups is 1. The van der Waals surface area contributed by atoms with Gasteiger partial charge in [-0.3, -0.25) is 4.79 Å². The maximum absolute atomic E-state index is 12.2. The third kappa shape index (κ3) is 3.16. The van der Waals surface area contributed by atoms with Crippen LogP contribution >= 0.6 is 11.3 Å². The van der Waals surface area contributed by atoms with Gasteiger partial charge in [0.25, 0.3) is 0 Å². The Hall–Kier alpha value is -2.07. The number of benzene rings is 1. The summed E-state index contributed by atoms with van der Waals surface area (Å²) in [7, 11) is 1.88. The van der Waals surface area contributed by atoms with Crippen molar-refractivity contribution in [3.63, 3.8) is 0 Å². The average molecular weight is 298 g/mol. The van der Waals surface area contributed by atoms with Crippen LogP contribution in [0.5, 0.6) is 0 Å². The molecule has 0 aliphatic rings. The molecule has 0 saturated carbocycles. The lowest BCUT2D eigenvalue weighted by molar-refractivity contribution is -0.129. The van der Waals surface area contributed by atoms with Gasteiger partial charge in [-0.1, -0.05) is 24.3 Å². The van der Waals surface area contributed by atoms with Crippen LogP contribution in [-0.4, -0.2) is 29.4 Å². The first kappa shape index (κ1) is 13.9. The largest absolute Gasteiger partial charge is 0.361 e. The maximum atomic E-state index is 12.2. The first-order valence-corrected chi connectivity index (χ1v) is 7.93. The van der Waals surface area contributed by atoms with Crippen LogP contribution in [0.25, 0.3) is 10.9 Å². The molecule has 0 aliphatic heterocycles. The van der Waals surface area contributed by atoms with Crippen molar-refractivity contribution in [3.8, 4) is 0 Å². The van der Waals surface area contributed by atoms with Gasteiger partial charge in [-0.2, -0.15) is 0 Å². The summed E-state index contributed by atoms with van der Waals surface area (Å²) in [6.45, 7) is 0.742. The number of para-hydroxylation sites is 1. The van der Waals surface area contributed by atoms with Crippen molar-refractivity contribution < 1.29 is 4.79 Å². The van der Waals surface area contributed by atoms with Crippen molar-refractivity contribution in [3.05, 3.63) is 58.4 Å². The Morgan fingerprint density at radius 3 is 2.90 bits per heavy atom. The zero-order chi connectivity index (χ0) is 14.7. The van der Waals surface area contributed by atoms with E-state index in [4.69, 9.17) is 0 Å². The minimum atomic E-state index is 0.178. The molecule has 3 aromatic rings. The van der Waals surface area contributed by atoms with E-state index in [1.807, 2.05) is 47.8 Å². The quantitative estimate of drug-likeness (QED) is 0.769. The molecule has 0 spiro atoms. The van der Waals surface area contributed by atoms with E-state index < -0.39 is 0 Å². The average Bonchev–Trinajstić information content (AvgIpc) is 3.14. The Labute approximate surface area is 128 Å². The molecule has 3 rings (SSSR count). The molecule has 0 bridgehead atoms. The van der Waals surface area contributed by atoms with Gasteiger partial charge in [-0.05, 0) is 29.5 Å². The summed E-state index contributed by atoms with van der Waals surface area (Å²) in [6.07, 6.45) is 3.42. The van der Waals surface area contributed by atoms with Gasteiger partial charge in [0.05, 0.1) is 6.42 Å². The summed E-state index contributed by atoms with van der Waals surface area (Å²) in [5.74, 6) is 0.178. The van der Waals surface area contributed by atoms with Gasteiger partial charge in [0, 0.05) is 35.6 Å². The molecule has 0 radical (unpaired) electrons. The monoisotopic (exact) mass is 298 g/mol. The number of hydrogen-bond donors (Lipinski definition) is 1. The Bertz CT molecular complexity index is 730. The molecule has 2 aromatic heterocycles. The van der Waals surface area contributed by atoms with E-state index in [0.717, 1.165) is 23.4 Å². The number of thiophene rings is 1. The van der Waals surface area contributed by atoms with Crippen molar-refractivity contribution in [1.29, 1.82) is 0 Å². The topological polar surface area (TPSA) is 36.1 Å². The Morgan fingerprint density at radius 2 is 2.10 bits per heavy atom. The molecule has 108 valence electrons. The lowest BCUT2D eigenvalue weighted by Crippen LogP contribution is -2.29. The predicted molar refractivity (Wildman–Crippen MR) is 87.7 cm³/mol. The number of rotatable bonds is 5. The Balaban J connectivity index is 1.60. The van der Waals surface area contributed by atoms with Gasteiger partial charge >= 0.3 is 0 Å². The second-order valence-corrected chi connectivity index (χ2v) is 6.21. The SMILES string of the molecule is CN(CCc1c[nH]c2ccccc12)C(=O)Cc1cccs1. The summed E-state index contributed by atoms with van der Waals surface area (Å²) in [4.78, 5) is 18.4. The number of aromatic nitrogens is 1. The summed E-state index contributed by atoms with van der Waals surface area (Å²) in [5.41, 5.74) is 2.42. The van der Waals surface area contributed by atoms with E-state index in [1.54, 1.807) is 11.3 Å². The summed E-state index contributed by atoms with van der Waals surface area (Å²) in [5, 5.41) is 3.26. The number of aromatic amines is 1. The van der Waals surface area contributed by atoms with Crippen molar-refractivity contribution in [1.82, 2.24) is 9.88 Å². The Kier molecular flexibility index (Phi) is 4.06. The number of nitrogens with one attached hydrogen (secondary N) is 1. The fourth-order valence-corrected chi connectivity index (χ4v) is 3.14. The highest BCUT2D eigenvalue weighted by Crippen LogP contribution is 2.18. The molecule has 0 fully saturated rings. The molecular formula is C17H18N2OS. The van der Waals surface area contributed by atoms with Crippen LogP contribution in [0.2, 0.25) is 0 Å². The van der Waals surface area contributed by atoms with Gasteiger partial charge in [0.2, 0.25) is 5.91 Å². The van der Waals surface area contributed by atoms with Crippen molar-refractivity contribution >= 4 is 28.1 Å². The molecule has 4 heteroatoms. The standard InChI is InChI=1S/C17H18N2OS/c1-19(17(20)11-14-5-4-10-21-14)9-8-13-12-18-16-7-3-2-6-15(13)16/h2-7,10,12,18H,8-9,11H2,1H3. The Morgan fingerprint density at radius 1 is 1.24 bits per heavy atom. The van der Waals surface area contributed by atoms with Crippen LogP contribution in [0.3, 0.4) is 0 Å². The van der Waals surface area contributed by atoms with Gasteiger partial charge in [0.15, 0.2) is 0 Å². The smallest absolute Gasteiger partial charge is 0.227 e. The highest BCUT2D eigenvalue weighted by atomic mass is 32.1. The number of fused-ring (bicyclic) bond motifs is 1. The van der Waals surface area contributed by atoms with E-state index in [9.17, 15) is 4.79 Å². The molecule has 3 nitrogen and oxygen atoms in total. The second-order valence-electron chi connectivity index (χ2n) is 5.18. The lowest BCUT2D eigenvalue weighted by atomic mass is 10.1. The first-order valence-electron chi connectivity index (χ1n) is 7.05. The number of carbonyl (C=O) groups excluding carboxylic acids is 1. The number of hydrogen-bond acceptors (Lipinski definition) is 2. The van der Waals surface area contributed by atoms with Gasteiger partial charge in [-0.25, -0.2) is 0 Å². The van der Waals surface area contributed by atoms with Crippen LogP contribution in [0.15, 0.2) is 48.0 Å². The minimum absolute atomic E-state index is 0.178. The van der Waals surface area contributed by atoms with E-state index >= 15 is 0 Å².